The molecule has 0 aromatic heterocycles. The maximum Gasteiger partial charge on any atom is 0.319 e. The molecule has 2 unspecified atom stereocenters. The molecule has 0 saturated carbocycles. The van der Waals surface area contributed by atoms with Crippen molar-refractivity contribution in [3.8, 4) is 17.9 Å². The number of fused-ring (bicyclic) bond motifs is 1. The van der Waals surface area contributed by atoms with Gasteiger partial charge in [-0.3, -0.25) is 10.2 Å². The van der Waals surface area contributed by atoms with Gasteiger partial charge in [0, 0.05) is 11.5 Å². The van der Waals surface area contributed by atoms with E-state index in [1.54, 1.807) is 31.2 Å². The number of nitriles is 2. The van der Waals surface area contributed by atoms with Crippen molar-refractivity contribution in [2.75, 3.05) is 6.61 Å². The first kappa shape index (κ1) is 14.5. The molecule has 1 aromatic carbocycles. The molecule has 2 rings (SSSR count). The molecule has 6 nitrogen and oxygen atoms in total. The van der Waals surface area contributed by atoms with E-state index in [9.17, 15) is 15.3 Å². The van der Waals surface area contributed by atoms with Crippen LogP contribution in [0.3, 0.4) is 0 Å². The summed E-state index contributed by atoms with van der Waals surface area (Å²) in [5, 5.41) is 26.3. The Morgan fingerprint density at radius 2 is 2.10 bits per heavy atom. The Bertz CT molecular complexity index is 643. The monoisotopic (exact) mass is 283 g/mol. The second-order valence-corrected chi connectivity index (χ2v) is 4.50. The van der Waals surface area contributed by atoms with E-state index in [0.717, 1.165) is 0 Å². The normalized spacial score (nSPS) is 19.9. The number of ether oxygens (including phenoxy) is 2. The second kappa shape index (κ2) is 6.06. The quantitative estimate of drug-likeness (QED) is 0.853. The third-order valence-electron chi connectivity index (χ3n) is 3.32. The van der Waals surface area contributed by atoms with Gasteiger partial charge >= 0.3 is 5.97 Å². The van der Waals surface area contributed by atoms with Gasteiger partial charge in [-0.05, 0) is 13.0 Å². The van der Waals surface area contributed by atoms with Crippen LogP contribution in [0.4, 0.5) is 0 Å². The van der Waals surface area contributed by atoms with E-state index in [-0.39, 0.29) is 12.5 Å². The summed E-state index contributed by atoms with van der Waals surface area (Å²) >= 11 is 0. The van der Waals surface area contributed by atoms with Crippen molar-refractivity contribution in [1.29, 1.82) is 15.9 Å². The van der Waals surface area contributed by atoms with Crippen molar-refractivity contribution >= 4 is 11.9 Å². The summed E-state index contributed by atoms with van der Waals surface area (Å²) in [5.41, 5.74) is 0.569. The van der Waals surface area contributed by atoms with Gasteiger partial charge in [-0.15, -0.1) is 0 Å². The number of carbonyl (C=O) groups excluding carboxylic acids is 1. The minimum atomic E-state index is -1.08. The number of carbonyl (C=O) groups is 1. The molecule has 106 valence electrons. The van der Waals surface area contributed by atoms with E-state index >= 15 is 0 Å². The van der Waals surface area contributed by atoms with E-state index in [1.165, 1.54) is 0 Å². The minimum Gasteiger partial charge on any atom is -0.465 e. The number of hydrogen-bond donors (Lipinski definition) is 1. The Labute approximate surface area is 122 Å². The lowest BCUT2D eigenvalue weighted by atomic mass is 9.76. The maximum absolute atomic E-state index is 12.1. The Kier molecular flexibility index (Phi) is 4.20. The molecule has 1 aliphatic rings. The van der Waals surface area contributed by atoms with Crippen LogP contribution in [0.15, 0.2) is 24.3 Å². The second-order valence-electron chi connectivity index (χ2n) is 4.50. The smallest absolute Gasteiger partial charge is 0.319 e. The Morgan fingerprint density at radius 1 is 1.43 bits per heavy atom. The zero-order valence-corrected chi connectivity index (χ0v) is 11.4. The number of nitrogens with one attached hydrogen (secondary N) is 1. The summed E-state index contributed by atoms with van der Waals surface area (Å²) in [4.78, 5) is 12.1. The Hall–Kier alpha value is -2.86. The molecule has 1 N–H and O–H groups in total. The zero-order valence-electron chi connectivity index (χ0n) is 11.4. The van der Waals surface area contributed by atoms with Crippen LogP contribution in [-0.4, -0.2) is 18.5 Å². The third-order valence-corrected chi connectivity index (χ3v) is 3.32. The molecule has 0 bridgehead atoms. The van der Waals surface area contributed by atoms with Crippen molar-refractivity contribution in [1.82, 2.24) is 0 Å². The highest BCUT2D eigenvalue weighted by Gasteiger charge is 2.45. The molecule has 0 aliphatic carbocycles. The first-order valence-electron chi connectivity index (χ1n) is 6.45. The third kappa shape index (κ3) is 2.56. The van der Waals surface area contributed by atoms with Crippen LogP contribution < -0.4 is 4.74 Å². The fraction of sp³-hybridized carbons (Fsp3) is 0.333. The summed E-state index contributed by atoms with van der Waals surface area (Å²) < 4.78 is 10.3. The van der Waals surface area contributed by atoms with E-state index in [0.29, 0.717) is 11.3 Å². The van der Waals surface area contributed by atoms with E-state index in [2.05, 4.69) is 0 Å². The first-order chi connectivity index (χ1) is 10.1. The van der Waals surface area contributed by atoms with Crippen molar-refractivity contribution in [3.05, 3.63) is 29.8 Å². The lowest BCUT2D eigenvalue weighted by molar-refractivity contribution is -0.146. The average Bonchev–Trinajstić information content (AvgIpc) is 2.48. The lowest BCUT2D eigenvalue weighted by Crippen LogP contribution is -2.40. The summed E-state index contributed by atoms with van der Waals surface area (Å²) in [6, 6.07) is 10.6. The molecule has 0 saturated heterocycles. The highest BCUT2D eigenvalue weighted by molar-refractivity contribution is 6.00. The van der Waals surface area contributed by atoms with Crippen molar-refractivity contribution in [3.63, 3.8) is 0 Å². The summed E-state index contributed by atoms with van der Waals surface area (Å²) in [6.07, 6.45) is 0. The largest absolute Gasteiger partial charge is 0.465 e. The van der Waals surface area contributed by atoms with Crippen LogP contribution in [0, 0.1) is 39.9 Å². The molecule has 1 aliphatic heterocycles. The van der Waals surface area contributed by atoms with Gasteiger partial charge in [0.25, 0.3) is 0 Å². The molecule has 2 atom stereocenters. The molecule has 0 spiro atoms. The number of rotatable bonds is 3. The number of benzene rings is 1. The van der Waals surface area contributed by atoms with Gasteiger partial charge in [-0.25, -0.2) is 0 Å². The SMILES string of the molecule is CCOC(=O)C1C(=N)Oc2ccccc2C1C(C#N)C#N. The summed E-state index contributed by atoms with van der Waals surface area (Å²) in [7, 11) is 0. The number of hydrogen-bond acceptors (Lipinski definition) is 6. The van der Waals surface area contributed by atoms with E-state index in [4.69, 9.17) is 14.9 Å². The predicted molar refractivity (Wildman–Crippen MR) is 72.4 cm³/mol. The minimum absolute atomic E-state index is 0.154. The van der Waals surface area contributed by atoms with Gasteiger partial charge in [0.1, 0.15) is 17.6 Å². The van der Waals surface area contributed by atoms with Crippen LogP contribution in [0.5, 0.6) is 5.75 Å². The van der Waals surface area contributed by atoms with E-state index in [1.807, 2.05) is 12.1 Å². The van der Waals surface area contributed by atoms with Gasteiger partial charge in [0.2, 0.25) is 5.90 Å². The Balaban J connectivity index is 2.54. The molecular weight excluding hydrogens is 270 g/mol. The molecule has 0 radical (unpaired) electrons. The van der Waals surface area contributed by atoms with Gasteiger partial charge in [-0.2, -0.15) is 10.5 Å². The van der Waals surface area contributed by atoms with Gasteiger partial charge in [-0.1, -0.05) is 18.2 Å². The molecule has 21 heavy (non-hydrogen) atoms. The fourth-order valence-corrected chi connectivity index (χ4v) is 2.42. The molecular formula is C15H13N3O3. The zero-order chi connectivity index (χ0) is 15.4. The van der Waals surface area contributed by atoms with Crippen molar-refractivity contribution in [2.45, 2.75) is 12.8 Å². The lowest BCUT2D eigenvalue weighted by Gasteiger charge is -2.32. The summed E-state index contributed by atoms with van der Waals surface area (Å²) in [6.45, 7) is 1.81. The summed E-state index contributed by atoms with van der Waals surface area (Å²) in [5.74, 6) is -3.47. The van der Waals surface area contributed by atoms with Crippen LogP contribution in [0.1, 0.15) is 18.4 Å². The number of esters is 1. The van der Waals surface area contributed by atoms with Gasteiger partial charge in [0.15, 0.2) is 0 Å². The van der Waals surface area contributed by atoms with Gasteiger partial charge < -0.3 is 9.47 Å². The van der Waals surface area contributed by atoms with Crippen molar-refractivity contribution in [2.24, 2.45) is 11.8 Å². The number of nitrogens with zero attached hydrogens (tertiary/aromatic N) is 2. The highest BCUT2D eigenvalue weighted by atomic mass is 16.5. The predicted octanol–water partition coefficient (Wildman–Crippen LogP) is 1.98. The molecule has 1 heterocycles. The fourth-order valence-electron chi connectivity index (χ4n) is 2.42. The molecule has 0 amide bonds. The van der Waals surface area contributed by atoms with Crippen LogP contribution in [-0.2, 0) is 9.53 Å². The maximum atomic E-state index is 12.1. The van der Waals surface area contributed by atoms with Gasteiger partial charge in [0.05, 0.1) is 18.7 Å². The van der Waals surface area contributed by atoms with Crippen LogP contribution in [0.2, 0.25) is 0 Å². The molecule has 0 fully saturated rings. The number of para-hydroxylation sites is 1. The highest BCUT2D eigenvalue weighted by Crippen LogP contribution is 2.42. The Morgan fingerprint density at radius 3 is 2.71 bits per heavy atom. The molecule has 1 aromatic rings. The topological polar surface area (TPSA) is 107 Å². The molecule has 6 heteroatoms. The van der Waals surface area contributed by atoms with Crippen LogP contribution in [0.25, 0.3) is 0 Å². The average molecular weight is 283 g/mol. The van der Waals surface area contributed by atoms with Crippen molar-refractivity contribution < 1.29 is 14.3 Å². The van der Waals surface area contributed by atoms with Crippen LogP contribution >= 0.6 is 0 Å². The standard InChI is InChI=1S/C15H13N3O3/c1-2-20-15(19)13-12(9(7-16)8-17)10-5-3-4-6-11(10)21-14(13)18/h3-6,9,12-13,18H,2H2,1H3. The van der Waals surface area contributed by atoms with E-state index < -0.39 is 23.7 Å². The first-order valence-corrected chi connectivity index (χ1v) is 6.45.